The van der Waals surface area contributed by atoms with Crippen LogP contribution in [-0.2, 0) is 23.4 Å². The van der Waals surface area contributed by atoms with E-state index in [0.717, 1.165) is 22.3 Å². The predicted molar refractivity (Wildman–Crippen MR) is 159 cm³/mol. The molecule has 8 heteroatoms. The zero-order valence-corrected chi connectivity index (χ0v) is 23.5. The average molecular weight is 571 g/mol. The van der Waals surface area contributed by atoms with Gasteiger partial charge >= 0.3 is 0 Å². The van der Waals surface area contributed by atoms with Crippen molar-refractivity contribution in [2.24, 2.45) is 0 Å². The number of hydrogen-bond acceptors (Lipinski definition) is 6. The first kappa shape index (κ1) is 25.3. The number of benzene rings is 4. The maximum Gasteiger partial charge on any atom is 0.291 e. The number of carbonyl (C=O) groups is 2. The third-order valence-corrected chi connectivity index (χ3v) is 8.63. The van der Waals surface area contributed by atoms with E-state index in [9.17, 15) is 9.59 Å². The molecule has 3 aliphatic heterocycles. The Balaban J connectivity index is 1.38. The minimum atomic E-state index is -1.72. The van der Waals surface area contributed by atoms with Crippen molar-refractivity contribution in [2.45, 2.75) is 32.5 Å². The molecule has 3 aliphatic rings. The summed E-state index contributed by atoms with van der Waals surface area (Å²) in [5.41, 5.74) is 3.10. The summed E-state index contributed by atoms with van der Waals surface area (Å²) in [6.07, 6.45) is 0. The fourth-order valence-corrected chi connectivity index (χ4v) is 6.58. The molecule has 1 atom stereocenters. The molecular formula is C35H26N2O6. The van der Waals surface area contributed by atoms with Crippen LogP contribution in [-0.4, -0.2) is 23.5 Å². The van der Waals surface area contributed by atoms with Crippen molar-refractivity contribution in [3.8, 4) is 11.5 Å². The van der Waals surface area contributed by atoms with Crippen molar-refractivity contribution >= 4 is 28.5 Å². The van der Waals surface area contributed by atoms with Crippen LogP contribution >= 0.6 is 0 Å². The largest absolute Gasteiger partial charge is 0.454 e. The number of nitrogens with zero attached hydrogens (tertiary/aromatic N) is 2. The number of para-hydroxylation sites is 1. The van der Waals surface area contributed by atoms with Crippen LogP contribution in [0.3, 0.4) is 0 Å². The molecule has 5 aromatic rings. The summed E-state index contributed by atoms with van der Waals surface area (Å²) in [5.74, 6) is 0.168. The molecule has 8 nitrogen and oxygen atoms in total. The Morgan fingerprint density at radius 1 is 0.767 bits per heavy atom. The van der Waals surface area contributed by atoms with Gasteiger partial charge in [-0.1, -0.05) is 65.7 Å². The molecule has 4 heterocycles. The second-order valence-corrected chi connectivity index (χ2v) is 11.3. The molecule has 1 aromatic heterocycles. The van der Waals surface area contributed by atoms with Gasteiger partial charge in [0, 0.05) is 12.1 Å². The van der Waals surface area contributed by atoms with Gasteiger partial charge in [-0.05, 0) is 55.3 Å². The number of anilines is 1. The molecule has 43 heavy (non-hydrogen) atoms. The molecule has 0 bridgehead atoms. The first-order valence-electron chi connectivity index (χ1n) is 14.1. The predicted octanol–water partition coefficient (Wildman–Crippen LogP) is 5.58. The van der Waals surface area contributed by atoms with E-state index in [-0.39, 0.29) is 42.5 Å². The molecular weight excluding hydrogens is 544 g/mol. The number of carbonyl (C=O) groups excluding carboxylic acids is 2. The van der Waals surface area contributed by atoms with Crippen LogP contribution in [0.2, 0.25) is 0 Å². The van der Waals surface area contributed by atoms with Crippen molar-refractivity contribution < 1.29 is 23.5 Å². The van der Waals surface area contributed by atoms with Gasteiger partial charge in [0.25, 0.3) is 11.8 Å². The van der Waals surface area contributed by atoms with E-state index >= 15 is 4.79 Å². The molecule has 0 saturated carbocycles. The standard InChI is InChI=1S/C35H26N2O6/c1-20-7-10-22(11-8-20)17-36-26-6-4-3-5-25(26)35(34(36)40)30-31(38)24-15-21(2)9-13-27(24)43-32(30)33(39)37(35)18-23-12-14-28-29(16-23)42-19-41-28/h3-16H,17-19H2,1-2H3. The van der Waals surface area contributed by atoms with Gasteiger partial charge in [0.05, 0.1) is 23.2 Å². The topological polar surface area (TPSA) is 89.3 Å². The summed E-state index contributed by atoms with van der Waals surface area (Å²) in [6.45, 7) is 4.32. The zero-order chi connectivity index (χ0) is 29.5. The van der Waals surface area contributed by atoms with Gasteiger partial charge < -0.3 is 23.7 Å². The van der Waals surface area contributed by atoms with Crippen LogP contribution in [0.1, 0.15) is 43.9 Å². The van der Waals surface area contributed by atoms with Gasteiger partial charge in [0.2, 0.25) is 12.6 Å². The lowest BCUT2D eigenvalue weighted by Gasteiger charge is -2.34. The Bertz CT molecular complexity index is 2060. The Kier molecular flexibility index (Phi) is 5.34. The number of fused-ring (bicyclic) bond motifs is 6. The molecule has 1 unspecified atom stereocenters. The summed E-state index contributed by atoms with van der Waals surface area (Å²) in [6, 6.07) is 26.1. The van der Waals surface area contributed by atoms with E-state index in [4.69, 9.17) is 13.9 Å². The lowest BCUT2D eigenvalue weighted by atomic mass is 9.83. The fraction of sp³-hybridized carbons (Fsp3) is 0.171. The van der Waals surface area contributed by atoms with E-state index in [1.54, 1.807) is 29.2 Å². The van der Waals surface area contributed by atoms with E-state index in [1.165, 1.54) is 4.90 Å². The van der Waals surface area contributed by atoms with Crippen molar-refractivity contribution in [1.82, 2.24) is 4.90 Å². The molecule has 4 aromatic carbocycles. The summed E-state index contributed by atoms with van der Waals surface area (Å²) < 4.78 is 17.3. The van der Waals surface area contributed by atoms with Crippen LogP contribution in [0, 0.1) is 13.8 Å². The highest BCUT2D eigenvalue weighted by Crippen LogP contribution is 2.53. The van der Waals surface area contributed by atoms with Crippen molar-refractivity contribution in [2.75, 3.05) is 11.7 Å². The first-order chi connectivity index (χ1) is 20.9. The SMILES string of the molecule is Cc1ccc(CN2C(=O)C3(c4ccccc42)c2c(oc4ccc(C)cc4c2=O)C(=O)N3Cc2ccc3c(c2)OCO3)cc1. The Morgan fingerprint density at radius 3 is 2.35 bits per heavy atom. The highest BCUT2D eigenvalue weighted by atomic mass is 16.7. The Morgan fingerprint density at radius 2 is 1.51 bits per heavy atom. The third kappa shape index (κ3) is 3.53. The number of hydrogen-bond donors (Lipinski definition) is 0. The lowest BCUT2D eigenvalue weighted by molar-refractivity contribution is -0.126. The molecule has 1 spiro atoms. The normalized spacial score (nSPS) is 18.2. The molecule has 0 saturated heterocycles. The summed E-state index contributed by atoms with van der Waals surface area (Å²) in [5, 5.41) is 0.332. The number of aryl methyl sites for hydroxylation is 2. The van der Waals surface area contributed by atoms with E-state index < -0.39 is 11.4 Å². The van der Waals surface area contributed by atoms with E-state index in [0.29, 0.717) is 33.7 Å². The Labute approximate surface area is 246 Å². The first-order valence-corrected chi connectivity index (χ1v) is 14.1. The van der Waals surface area contributed by atoms with Crippen LogP contribution in [0.5, 0.6) is 11.5 Å². The van der Waals surface area contributed by atoms with Gasteiger partial charge in [0.15, 0.2) is 22.5 Å². The van der Waals surface area contributed by atoms with Gasteiger partial charge in [0.1, 0.15) is 5.58 Å². The van der Waals surface area contributed by atoms with Gasteiger partial charge in [-0.25, -0.2) is 0 Å². The fourth-order valence-electron chi connectivity index (χ4n) is 6.58. The Hall–Kier alpha value is -5.37. The maximum atomic E-state index is 15.0. The van der Waals surface area contributed by atoms with E-state index in [1.807, 2.05) is 74.5 Å². The molecule has 2 amide bonds. The zero-order valence-electron chi connectivity index (χ0n) is 23.5. The van der Waals surface area contributed by atoms with E-state index in [2.05, 4.69) is 0 Å². The second kappa shape index (κ2) is 9.06. The highest BCUT2D eigenvalue weighted by Gasteiger charge is 2.65. The number of ether oxygens (including phenoxy) is 2. The van der Waals surface area contributed by atoms with Gasteiger partial charge in [-0.2, -0.15) is 0 Å². The lowest BCUT2D eigenvalue weighted by Crippen LogP contribution is -2.52. The minimum Gasteiger partial charge on any atom is -0.454 e. The third-order valence-electron chi connectivity index (χ3n) is 8.63. The molecule has 212 valence electrons. The van der Waals surface area contributed by atoms with Crippen molar-refractivity contribution in [3.05, 3.63) is 134 Å². The van der Waals surface area contributed by atoms with Crippen LogP contribution in [0.25, 0.3) is 11.0 Å². The van der Waals surface area contributed by atoms with Crippen LogP contribution in [0.15, 0.2) is 94.1 Å². The summed E-state index contributed by atoms with van der Waals surface area (Å²) in [7, 11) is 0. The summed E-state index contributed by atoms with van der Waals surface area (Å²) in [4.78, 5) is 47.0. The average Bonchev–Trinajstić information content (AvgIpc) is 3.65. The van der Waals surface area contributed by atoms with Gasteiger partial charge in [-0.3, -0.25) is 14.4 Å². The number of rotatable bonds is 4. The van der Waals surface area contributed by atoms with Crippen LogP contribution < -0.4 is 19.8 Å². The van der Waals surface area contributed by atoms with Crippen molar-refractivity contribution in [3.63, 3.8) is 0 Å². The molecule has 0 fully saturated rings. The van der Waals surface area contributed by atoms with Gasteiger partial charge in [-0.15, -0.1) is 0 Å². The number of amides is 2. The maximum absolute atomic E-state index is 15.0. The quantitative estimate of drug-likeness (QED) is 0.280. The highest BCUT2D eigenvalue weighted by molar-refractivity contribution is 6.17. The summed E-state index contributed by atoms with van der Waals surface area (Å²) >= 11 is 0. The molecule has 0 radical (unpaired) electrons. The smallest absolute Gasteiger partial charge is 0.291 e. The van der Waals surface area contributed by atoms with Crippen molar-refractivity contribution in [1.29, 1.82) is 0 Å². The molecule has 0 aliphatic carbocycles. The monoisotopic (exact) mass is 570 g/mol. The second-order valence-electron chi connectivity index (χ2n) is 11.3. The minimum absolute atomic E-state index is 0.0347. The molecule has 0 N–H and O–H groups in total. The molecule has 8 rings (SSSR count). The van der Waals surface area contributed by atoms with Crippen LogP contribution in [0.4, 0.5) is 5.69 Å².